The van der Waals surface area contributed by atoms with Crippen molar-refractivity contribution in [3.63, 3.8) is 0 Å². The molecule has 0 saturated carbocycles. The van der Waals surface area contributed by atoms with Gasteiger partial charge in [0.1, 0.15) is 12.4 Å². The number of carbonyl (C=O) groups is 1. The number of esters is 1. The summed E-state index contributed by atoms with van der Waals surface area (Å²) < 4.78 is 24.2. The molecule has 0 spiro atoms. The molecule has 3 nitrogen and oxygen atoms in total. The van der Waals surface area contributed by atoms with Gasteiger partial charge in [-0.1, -0.05) is 22.9 Å². The summed E-state index contributed by atoms with van der Waals surface area (Å²) in [6.07, 6.45) is 0. The first-order valence-electron chi connectivity index (χ1n) is 5.20. The molecule has 0 bridgehead atoms. The highest BCUT2D eigenvalue weighted by molar-refractivity contribution is 9.10. The van der Waals surface area contributed by atoms with Crippen molar-refractivity contribution >= 4 is 21.9 Å². The molecular formula is C12H12BrFO3. The van der Waals surface area contributed by atoms with E-state index in [9.17, 15) is 9.18 Å². The Kier molecular flexibility index (Phi) is 3.49. The van der Waals surface area contributed by atoms with Crippen molar-refractivity contribution in [2.24, 2.45) is 5.41 Å². The van der Waals surface area contributed by atoms with Gasteiger partial charge in [0.15, 0.2) is 0 Å². The first-order chi connectivity index (χ1) is 8.00. The van der Waals surface area contributed by atoms with E-state index in [4.69, 9.17) is 9.47 Å². The lowest BCUT2D eigenvalue weighted by Crippen LogP contribution is -2.44. The molecule has 1 heterocycles. The second-order valence-corrected chi connectivity index (χ2v) is 5.42. The second-order valence-electron chi connectivity index (χ2n) is 4.50. The molecule has 92 valence electrons. The third kappa shape index (κ3) is 2.84. The SMILES string of the molecule is CC1(COC(=O)c2ccc(Br)cc2F)COC1. The molecule has 1 fully saturated rings. The highest BCUT2D eigenvalue weighted by Crippen LogP contribution is 2.27. The number of halogens is 2. The normalized spacial score (nSPS) is 17.4. The lowest BCUT2D eigenvalue weighted by atomic mass is 9.90. The molecule has 0 aliphatic carbocycles. The maximum absolute atomic E-state index is 13.5. The fourth-order valence-corrected chi connectivity index (χ4v) is 1.84. The van der Waals surface area contributed by atoms with E-state index >= 15 is 0 Å². The first-order valence-corrected chi connectivity index (χ1v) is 5.99. The van der Waals surface area contributed by atoms with E-state index in [1.165, 1.54) is 12.1 Å². The van der Waals surface area contributed by atoms with E-state index in [1.807, 2.05) is 6.92 Å². The zero-order valence-electron chi connectivity index (χ0n) is 9.33. The van der Waals surface area contributed by atoms with Crippen molar-refractivity contribution in [1.82, 2.24) is 0 Å². The van der Waals surface area contributed by atoms with E-state index in [1.54, 1.807) is 6.07 Å². The minimum Gasteiger partial charge on any atom is -0.461 e. The van der Waals surface area contributed by atoms with E-state index < -0.39 is 11.8 Å². The van der Waals surface area contributed by atoms with Gasteiger partial charge in [-0.3, -0.25) is 0 Å². The Bertz CT molecular complexity index is 443. The van der Waals surface area contributed by atoms with Crippen molar-refractivity contribution in [1.29, 1.82) is 0 Å². The van der Waals surface area contributed by atoms with E-state index in [-0.39, 0.29) is 17.6 Å². The van der Waals surface area contributed by atoms with Crippen LogP contribution in [-0.2, 0) is 9.47 Å². The van der Waals surface area contributed by atoms with Crippen molar-refractivity contribution in [2.45, 2.75) is 6.92 Å². The molecule has 17 heavy (non-hydrogen) atoms. The molecule has 0 aromatic heterocycles. The smallest absolute Gasteiger partial charge is 0.341 e. The number of carbonyl (C=O) groups excluding carboxylic acids is 1. The van der Waals surface area contributed by atoms with Gasteiger partial charge in [0.2, 0.25) is 0 Å². The molecule has 1 aliphatic heterocycles. The summed E-state index contributed by atoms with van der Waals surface area (Å²) in [5.41, 5.74) is -0.168. The monoisotopic (exact) mass is 302 g/mol. The van der Waals surface area contributed by atoms with Gasteiger partial charge in [0.25, 0.3) is 0 Å². The Morgan fingerprint density at radius 2 is 2.29 bits per heavy atom. The summed E-state index contributed by atoms with van der Waals surface area (Å²) in [5.74, 6) is -1.22. The third-order valence-corrected chi connectivity index (χ3v) is 3.10. The molecule has 5 heteroatoms. The fraction of sp³-hybridized carbons (Fsp3) is 0.417. The van der Waals surface area contributed by atoms with Crippen molar-refractivity contribution < 1.29 is 18.7 Å². The topological polar surface area (TPSA) is 35.5 Å². The molecular weight excluding hydrogens is 291 g/mol. The van der Waals surface area contributed by atoms with Crippen LogP contribution in [0.5, 0.6) is 0 Å². The lowest BCUT2D eigenvalue weighted by Gasteiger charge is -2.37. The molecule has 1 saturated heterocycles. The molecule has 1 aromatic rings. The van der Waals surface area contributed by atoms with Gasteiger partial charge in [-0.05, 0) is 18.2 Å². The Labute approximate surface area is 107 Å². The average Bonchev–Trinajstić information content (AvgIpc) is 2.23. The summed E-state index contributed by atoms with van der Waals surface area (Å²) in [5, 5.41) is 0. The van der Waals surface area contributed by atoms with E-state index in [0.29, 0.717) is 17.7 Å². The van der Waals surface area contributed by atoms with Crippen LogP contribution in [0.1, 0.15) is 17.3 Å². The average molecular weight is 303 g/mol. The van der Waals surface area contributed by atoms with Gasteiger partial charge in [-0.15, -0.1) is 0 Å². The standard InChI is InChI=1S/C12H12BrFO3/c1-12(5-16-6-12)7-17-11(15)9-3-2-8(13)4-10(9)14/h2-4H,5-7H2,1H3. The Hall–Kier alpha value is -0.940. The number of benzene rings is 1. The summed E-state index contributed by atoms with van der Waals surface area (Å²) in [6, 6.07) is 4.25. The summed E-state index contributed by atoms with van der Waals surface area (Å²) in [4.78, 5) is 11.6. The van der Waals surface area contributed by atoms with E-state index in [2.05, 4.69) is 15.9 Å². The van der Waals surface area contributed by atoms with Crippen LogP contribution in [0, 0.1) is 11.2 Å². The quantitative estimate of drug-likeness (QED) is 0.806. The van der Waals surface area contributed by atoms with Crippen LogP contribution in [0.25, 0.3) is 0 Å². The minimum absolute atomic E-state index is 0.0444. The van der Waals surface area contributed by atoms with Gasteiger partial charge >= 0.3 is 5.97 Å². The van der Waals surface area contributed by atoms with Gasteiger partial charge in [-0.2, -0.15) is 0 Å². The van der Waals surface area contributed by atoms with Gasteiger partial charge < -0.3 is 9.47 Å². The van der Waals surface area contributed by atoms with Crippen molar-refractivity contribution in [2.75, 3.05) is 19.8 Å². The first kappa shape index (κ1) is 12.5. The second kappa shape index (κ2) is 4.74. The van der Waals surface area contributed by atoms with Crippen LogP contribution < -0.4 is 0 Å². The Morgan fingerprint density at radius 1 is 1.59 bits per heavy atom. The molecule has 0 unspecified atom stereocenters. The predicted octanol–water partition coefficient (Wildman–Crippen LogP) is 2.78. The zero-order valence-corrected chi connectivity index (χ0v) is 10.9. The fourth-order valence-electron chi connectivity index (χ4n) is 1.51. The maximum atomic E-state index is 13.5. The molecule has 0 amide bonds. The zero-order chi connectivity index (χ0) is 12.5. The van der Waals surface area contributed by atoms with Crippen LogP contribution in [-0.4, -0.2) is 25.8 Å². The van der Waals surface area contributed by atoms with Crippen LogP contribution in [0.2, 0.25) is 0 Å². The van der Waals surface area contributed by atoms with Gasteiger partial charge in [0.05, 0.1) is 18.8 Å². The minimum atomic E-state index is -0.636. The number of rotatable bonds is 3. The number of hydrogen-bond donors (Lipinski definition) is 0. The van der Waals surface area contributed by atoms with E-state index in [0.717, 1.165) is 0 Å². The molecule has 0 atom stereocenters. The van der Waals surface area contributed by atoms with Gasteiger partial charge in [0, 0.05) is 9.89 Å². The summed E-state index contributed by atoms with van der Waals surface area (Å²) >= 11 is 3.13. The molecule has 0 radical (unpaired) electrons. The van der Waals surface area contributed by atoms with Crippen LogP contribution in [0.3, 0.4) is 0 Å². The molecule has 2 rings (SSSR count). The molecule has 0 N–H and O–H groups in total. The van der Waals surface area contributed by atoms with Gasteiger partial charge in [-0.25, -0.2) is 9.18 Å². The predicted molar refractivity (Wildman–Crippen MR) is 63.3 cm³/mol. The summed E-state index contributed by atoms with van der Waals surface area (Å²) in [6.45, 7) is 3.36. The van der Waals surface area contributed by atoms with Crippen LogP contribution in [0.4, 0.5) is 4.39 Å². The van der Waals surface area contributed by atoms with Crippen LogP contribution >= 0.6 is 15.9 Å². The maximum Gasteiger partial charge on any atom is 0.341 e. The third-order valence-electron chi connectivity index (χ3n) is 2.60. The number of hydrogen-bond acceptors (Lipinski definition) is 3. The number of ether oxygens (including phenoxy) is 2. The Balaban J connectivity index is 1.99. The van der Waals surface area contributed by atoms with Crippen molar-refractivity contribution in [3.8, 4) is 0 Å². The van der Waals surface area contributed by atoms with Crippen molar-refractivity contribution in [3.05, 3.63) is 34.1 Å². The highest BCUT2D eigenvalue weighted by atomic mass is 79.9. The Morgan fingerprint density at radius 3 is 2.82 bits per heavy atom. The highest BCUT2D eigenvalue weighted by Gasteiger charge is 2.35. The molecule has 1 aromatic carbocycles. The summed E-state index contributed by atoms with van der Waals surface area (Å²) in [7, 11) is 0. The molecule has 1 aliphatic rings. The lowest BCUT2D eigenvalue weighted by molar-refractivity contribution is -0.127. The van der Waals surface area contributed by atoms with Crippen LogP contribution in [0.15, 0.2) is 22.7 Å². The largest absolute Gasteiger partial charge is 0.461 e.